The molecule has 0 saturated heterocycles. The molecule has 2 aromatic heterocycles. The lowest BCUT2D eigenvalue weighted by Gasteiger charge is -2.09. The molecule has 0 radical (unpaired) electrons. The Labute approximate surface area is 157 Å². The van der Waals surface area contributed by atoms with Crippen molar-refractivity contribution >= 4 is 5.91 Å². The van der Waals surface area contributed by atoms with Crippen molar-refractivity contribution in [3.63, 3.8) is 0 Å². The lowest BCUT2D eigenvalue weighted by molar-refractivity contribution is 0.0951. The molecule has 2 N–H and O–H groups in total. The summed E-state index contributed by atoms with van der Waals surface area (Å²) >= 11 is 0. The first-order valence-electron chi connectivity index (χ1n) is 8.35. The van der Waals surface area contributed by atoms with Crippen LogP contribution < -0.4 is 5.32 Å². The number of benzene rings is 1. The average molecular weight is 361 g/mol. The van der Waals surface area contributed by atoms with Gasteiger partial charge in [-0.2, -0.15) is 5.10 Å². The highest BCUT2D eigenvalue weighted by Crippen LogP contribution is 2.10. The van der Waals surface area contributed by atoms with E-state index in [1.165, 1.54) is 6.33 Å². The third-order valence-electron chi connectivity index (χ3n) is 3.58. The van der Waals surface area contributed by atoms with E-state index in [-0.39, 0.29) is 5.91 Å². The molecule has 3 aromatic rings. The van der Waals surface area contributed by atoms with Gasteiger partial charge in [0.25, 0.3) is 5.91 Å². The predicted molar refractivity (Wildman–Crippen MR) is 99.9 cm³/mol. The molecule has 0 saturated carbocycles. The first-order valence-corrected chi connectivity index (χ1v) is 8.35. The van der Waals surface area contributed by atoms with Gasteiger partial charge in [-0.25, -0.2) is 14.6 Å². The zero-order valence-electron chi connectivity index (χ0n) is 15.0. The van der Waals surface area contributed by atoms with Crippen LogP contribution in [0.4, 0.5) is 0 Å². The summed E-state index contributed by atoms with van der Waals surface area (Å²) in [4.78, 5) is 20.7. The van der Waals surface area contributed by atoms with Crippen molar-refractivity contribution in [3.05, 3.63) is 71.9 Å². The number of hydrogen-bond acceptors (Lipinski definition) is 5. The molecule has 0 unspecified atom stereocenters. The Kier molecular flexibility index (Phi) is 5.29. The fourth-order valence-corrected chi connectivity index (χ4v) is 2.33. The highest BCUT2D eigenvalue weighted by Gasteiger charge is 2.10. The molecule has 27 heavy (non-hydrogen) atoms. The van der Waals surface area contributed by atoms with Crippen LogP contribution in [-0.4, -0.2) is 36.4 Å². The maximum absolute atomic E-state index is 12.5. The summed E-state index contributed by atoms with van der Waals surface area (Å²) in [6.45, 7) is 3.51. The first kappa shape index (κ1) is 18.3. The van der Waals surface area contributed by atoms with Crippen LogP contribution in [0.5, 0.6) is 0 Å². The summed E-state index contributed by atoms with van der Waals surface area (Å²) in [5, 5.41) is 16.7. The molecule has 7 heteroatoms. The highest BCUT2D eigenvalue weighted by molar-refractivity contribution is 5.94. The molecule has 0 aliphatic carbocycles. The number of aromatic nitrogens is 4. The number of nitrogens with one attached hydrogen (secondary N) is 1. The third-order valence-corrected chi connectivity index (χ3v) is 3.58. The number of pyridine rings is 1. The van der Waals surface area contributed by atoms with Crippen molar-refractivity contribution in [2.75, 3.05) is 0 Å². The maximum atomic E-state index is 12.5. The predicted octanol–water partition coefficient (Wildman–Crippen LogP) is 1.71. The van der Waals surface area contributed by atoms with Gasteiger partial charge in [-0.05, 0) is 38.1 Å². The van der Waals surface area contributed by atoms with Crippen LogP contribution in [0.1, 0.15) is 35.3 Å². The van der Waals surface area contributed by atoms with E-state index in [9.17, 15) is 9.90 Å². The van der Waals surface area contributed by atoms with E-state index >= 15 is 0 Å². The van der Waals surface area contributed by atoms with Gasteiger partial charge in [0.2, 0.25) is 0 Å². The van der Waals surface area contributed by atoms with E-state index in [0.29, 0.717) is 23.5 Å². The zero-order chi connectivity index (χ0) is 19.3. The minimum Gasteiger partial charge on any atom is -0.378 e. The van der Waals surface area contributed by atoms with Crippen LogP contribution in [0.15, 0.2) is 55.2 Å². The normalized spacial score (nSPS) is 10.8. The summed E-state index contributed by atoms with van der Waals surface area (Å²) in [7, 11) is 0. The third kappa shape index (κ3) is 5.00. The molecule has 7 nitrogen and oxygen atoms in total. The molecule has 0 spiro atoms. The standard InChI is InChI=1S/C20H19N5O2/c1-20(2,27)9-8-15-5-3-6-16(11-15)19(26)23-12-17-7-4-10-22-18(17)25-14-21-13-24-25/h3-7,10-11,13-14,27H,12H2,1-2H3,(H,23,26). The van der Waals surface area contributed by atoms with Crippen LogP contribution in [0.3, 0.4) is 0 Å². The number of nitrogens with zero attached hydrogens (tertiary/aromatic N) is 4. The Balaban J connectivity index is 1.73. The number of aliphatic hydroxyl groups is 1. The van der Waals surface area contributed by atoms with Crippen molar-refractivity contribution in [2.24, 2.45) is 0 Å². The summed E-state index contributed by atoms with van der Waals surface area (Å²) in [5.74, 6) is 5.99. The Morgan fingerprint density at radius 1 is 1.30 bits per heavy atom. The molecule has 0 fully saturated rings. The Morgan fingerprint density at radius 3 is 2.89 bits per heavy atom. The molecular formula is C20H19N5O2. The van der Waals surface area contributed by atoms with E-state index in [0.717, 1.165) is 5.56 Å². The van der Waals surface area contributed by atoms with E-state index in [1.54, 1.807) is 61.4 Å². The molecule has 0 aliphatic heterocycles. The molecule has 2 heterocycles. The molecule has 1 aromatic carbocycles. The van der Waals surface area contributed by atoms with Gasteiger partial charge in [0, 0.05) is 29.4 Å². The Bertz CT molecular complexity index is 995. The zero-order valence-corrected chi connectivity index (χ0v) is 15.0. The van der Waals surface area contributed by atoms with Crippen molar-refractivity contribution in [3.8, 4) is 17.7 Å². The lowest BCUT2D eigenvalue weighted by Crippen LogP contribution is -2.24. The Morgan fingerprint density at radius 2 is 2.15 bits per heavy atom. The topological polar surface area (TPSA) is 92.9 Å². The van der Waals surface area contributed by atoms with Crippen molar-refractivity contribution in [1.82, 2.24) is 25.1 Å². The molecule has 0 bridgehead atoms. The fourth-order valence-electron chi connectivity index (χ4n) is 2.33. The second-order valence-corrected chi connectivity index (χ2v) is 6.40. The van der Waals surface area contributed by atoms with E-state index < -0.39 is 5.60 Å². The van der Waals surface area contributed by atoms with E-state index in [4.69, 9.17) is 0 Å². The number of carbonyl (C=O) groups is 1. The summed E-state index contributed by atoms with van der Waals surface area (Å²) in [6.07, 6.45) is 4.64. The molecule has 3 rings (SSSR count). The number of amides is 1. The smallest absolute Gasteiger partial charge is 0.251 e. The van der Waals surface area contributed by atoms with Gasteiger partial charge in [-0.1, -0.05) is 24.0 Å². The first-order chi connectivity index (χ1) is 12.9. The quantitative estimate of drug-likeness (QED) is 0.690. The monoisotopic (exact) mass is 361 g/mol. The lowest BCUT2D eigenvalue weighted by atomic mass is 10.1. The van der Waals surface area contributed by atoms with Gasteiger partial charge in [-0.15, -0.1) is 0 Å². The van der Waals surface area contributed by atoms with Gasteiger partial charge in [-0.3, -0.25) is 4.79 Å². The van der Waals surface area contributed by atoms with Crippen molar-refractivity contribution < 1.29 is 9.90 Å². The summed E-state index contributed by atoms with van der Waals surface area (Å²) < 4.78 is 1.55. The van der Waals surface area contributed by atoms with Gasteiger partial charge >= 0.3 is 0 Å². The van der Waals surface area contributed by atoms with Crippen LogP contribution in [-0.2, 0) is 6.54 Å². The van der Waals surface area contributed by atoms with Gasteiger partial charge < -0.3 is 10.4 Å². The molecule has 1 amide bonds. The number of hydrogen-bond donors (Lipinski definition) is 2. The number of carbonyl (C=O) groups excluding carboxylic acids is 1. The van der Waals surface area contributed by atoms with Gasteiger partial charge in [0.05, 0.1) is 0 Å². The van der Waals surface area contributed by atoms with Gasteiger partial charge in [0.15, 0.2) is 5.82 Å². The van der Waals surface area contributed by atoms with Crippen LogP contribution in [0.25, 0.3) is 5.82 Å². The SMILES string of the molecule is CC(C)(O)C#Cc1cccc(C(=O)NCc2cccnc2-n2cncn2)c1. The van der Waals surface area contributed by atoms with Crippen molar-refractivity contribution in [1.29, 1.82) is 0 Å². The average Bonchev–Trinajstić information content (AvgIpc) is 3.19. The molecular weight excluding hydrogens is 342 g/mol. The second kappa shape index (κ2) is 7.81. The van der Waals surface area contributed by atoms with E-state index in [1.807, 2.05) is 6.07 Å². The summed E-state index contributed by atoms with van der Waals surface area (Å²) in [6, 6.07) is 10.6. The Hall–Kier alpha value is -3.50. The number of rotatable bonds is 4. The summed E-state index contributed by atoms with van der Waals surface area (Å²) in [5.41, 5.74) is 0.878. The molecule has 136 valence electrons. The molecule has 0 atom stereocenters. The van der Waals surface area contributed by atoms with Crippen LogP contribution in [0, 0.1) is 11.8 Å². The largest absolute Gasteiger partial charge is 0.378 e. The maximum Gasteiger partial charge on any atom is 0.251 e. The van der Waals surface area contributed by atoms with Crippen molar-refractivity contribution in [2.45, 2.75) is 26.0 Å². The van der Waals surface area contributed by atoms with Gasteiger partial charge in [0.1, 0.15) is 18.3 Å². The highest BCUT2D eigenvalue weighted by atomic mass is 16.3. The van der Waals surface area contributed by atoms with Crippen LogP contribution >= 0.6 is 0 Å². The molecule has 0 aliphatic rings. The fraction of sp³-hybridized carbons (Fsp3) is 0.200. The minimum absolute atomic E-state index is 0.227. The second-order valence-electron chi connectivity index (χ2n) is 6.40. The van der Waals surface area contributed by atoms with Crippen LogP contribution in [0.2, 0.25) is 0 Å². The minimum atomic E-state index is -1.09. The van der Waals surface area contributed by atoms with E-state index in [2.05, 4.69) is 32.2 Å².